The maximum absolute atomic E-state index is 12.5. The first-order valence-corrected chi connectivity index (χ1v) is 12.5. The number of thioether (sulfide) groups is 1. The molecule has 5 nitrogen and oxygen atoms in total. The molecule has 1 heterocycles. The van der Waals surface area contributed by atoms with Crippen molar-refractivity contribution in [1.29, 1.82) is 0 Å². The van der Waals surface area contributed by atoms with Gasteiger partial charge in [-0.15, -0.1) is 11.8 Å². The van der Waals surface area contributed by atoms with Gasteiger partial charge >= 0.3 is 0 Å². The molecular formula is C28H29N3O2S. The number of carbonyl (C=O) groups excluding carboxylic acids is 2. The summed E-state index contributed by atoms with van der Waals surface area (Å²) in [6.07, 6.45) is 3.04. The smallest absolute Gasteiger partial charge is 0.251 e. The molecule has 3 aromatic carbocycles. The molecule has 0 saturated heterocycles. The molecule has 0 saturated carbocycles. The Morgan fingerprint density at radius 3 is 2.41 bits per heavy atom. The van der Waals surface area contributed by atoms with E-state index in [0.717, 1.165) is 33.5 Å². The van der Waals surface area contributed by atoms with Crippen LogP contribution >= 0.6 is 11.8 Å². The molecule has 4 rings (SSSR count). The van der Waals surface area contributed by atoms with E-state index in [2.05, 4.69) is 40.5 Å². The Balaban J connectivity index is 1.36. The Bertz CT molecular complexity index is 1280. The van der Waals surface area contributed by atoms with Crippen molar-refractivity contribution in [3.05, 3.63) is 95.7 Å². The summed E-state index contributed by atoms with van der Waals surface area (Å²) < 4.78 is 2.13. The minimum atomic E-state index is -0.0744. The van der Waals surface area contributed by atoms with Gasteiger partial charge < -0.3 is 15.2 Å². The lowest BCUT2D eigenvalue weighted by Gasteiger charge is -2.08. The Labute approximate surface area is 204 Å². The van der Waals surface area contributed by atoms with Gasteiger partial charge in [0.1, 0.15) is 0 Å². The highest BCUT2D eigenvalue weighted by molar-refractivity contribution is 8.00. The number of rotatable bonds is 9. The molecule has 1 aromatic heterocycles. The van der Waals surface area contributed by atoms with E-state index in [4.69, 9.17) is 0 Å². The van der Waals surface area contributed by atoms with Gasteiger partial charge in [-0.25, -0.2) is 0 Å². The first kappa shape index (κ1) is 23.6. The summed E-state index contributed by atoms with van der Waals surface area (Å²) in [6.45, 7) is 5.28. The van der Waals surface area contributed by atoms with Gasteiger partial charge in [0.25, 0.3) is 5.91 Å². The van der Waals surface area contributed by atoms with Gasteiger partial charge in [0.05, 0.1) is 5.75 Å². The minimum Gasteiger partial charge on any atom is -0.350 e. The van der Waals surface area contributed by atoms with Gasteiger partial charge in [0, 0.05) is 46.3 Å². The average Bonchev–Trinajstić information content (AvgIpc) is 3.21. The number of benzene rings is 3. The highest BCUT2D eigenvalue weighted by atomic mass is 32.2. The molecule has 0 spiro atoms. The predicted molar refractivity (Wildman–Crippen MR) is 141 cm³/mol. The summed E-state index contributed by atoms with van der Waals surface area (Å²) in [4.78, 5) is 26.0. The fraction of sp³-hybridized carbons (Fsp3) is 0.214. The third kappa shape index (κ3) is 5.88. The van der Waals surface area contributed by atoms with Crippen molar-refractivity contribution in [2.45, 2.75) is 31.7 Å². The number of anilines is 1. The zero-order valence-electron chi connectivity index (χ0n) is 19.5. The second-order valence-corrected chi connectivity index (χ2v) is 9.23. The number of fused-ring (bicyclic) bond motifs is 1. The molecule has 6 heteroatoms. The van der Waals surface area contributed by atoms with Gasteiger partial charge in [-0.2, -0.15) is 0 Å². The predicted octanol–water partition coefficient (Wildman–Crippen LogP) is 5.67. The van der Waals surface area contributed by atoms with Crippen molar-refractivity contribution < 1.29 is 9.59 Å². The number of para-hydroxylation sites is 1. The number of amides is 2. The van der Waals surface area contributed by atoms with E-state index in [9.17, 15) is 9.59 Å². The number of aryl methyl sites for hydroxylation is 2. The summed E-state index contributed by atoms with van der Waals surface area (Å²) in [5.41, 5.74) is 4.94. The number of hydrogen-bond acceptors (Lipinski definition) is 3. The van der Waals surface area contributed by atoms with E-state index in [0.29, 0.717) is 24.4 Å². The number of carbonyl (C=O) groups is 2. The Kier molecular flexibility index (Phi) is 7.70. The van der Waals surface area contributed by atoms with Crippen molar-refractivity contribution in [1.82, 2.24) is 9.88 Å². The molecule has 0 atom stereocenters. The molecule has 34 heavy (non-hydrogen) atoms. The SMILES string of the molecule is CCc1ccc(NC(=O)CSc2cn(CCNC(=O)c3ccc(C)cc3)c3ccccc23)cc1. The Morgan fingerprint density at radius 2 is 1.68 bits per heavy atom. The summed E-state index contributed by atoms with van der Waals surface area (Å²) in [5, 5.41) is 7.07. The second-order valence-electron chi connectivity index (χ2n) is 8.21. The second kappa shape index (κ2) is 11.1. The van der Waals surface area contributed by atoms with E-state index in [1.807, 2.05) is 67.6 Å². The van der Waals surface area contributed by atoms with Crippen molar-refractivity contribution in [2.75, 3.05) is 17.6 Å². The molecule has 2 N–H and O–H groups in total. The van der Waals surface area contributed by atoms with Crippen LogP contribution < -0.4 is 10.6 Å². The number of aromatic nitrogens is 1. The summed E-state index contributed by atoms with van der Waals surface area (Å²) in [6, 6.07) is 23.7. The Morgan fingerprint density at radius 1 is 0.941 bits per heavy atom. The normalized spacial score (nSPS) is 10.9. The van der Waals surface area contributed by atoms with Crippen molar-refractivity contribution in [3.8, 4) is 0 Å². The Hall–Kier alpha value is -3.51. The fourth-order valence-electron chi connectivity index (χ4n) is 3.77. The van der Waals surface area contributed by atoms with Crippen LogP contribution in [0.5, 0.6) is 0 Å². The van der Waals surface area contributed by atoms with Gasteiger partial charge in [-0.1, -0.05) is 55.0 Å². The molecule has 174 valence electrons. The highest BCUT2D eigenvalue weighted by Gasteiger charge is 2.12. The number of nitrogens with one attached hydrogen (secondary N) is 2. The molecule has 0 aliphatic rings. The number of hydrogen-bond donors (Lipinski definition) is 2. The summed E-state index contributed by atoms with van der Waals surface area (Å²) in [5.74, 6) is 0.222. The third-order valence-corrected chi connectivity index (χ3v) is 6.75. The zero-order valence-corrected chi connectivity index (χ0v) is 20.3. The van der Waals surface area contributed by atoms with Crippen LogP contribution in [0.2, 0.25) is 0 Å². The minimum absolute atomic E-state index is 0.0311. The van der Waals surface area contributed by atoms with Gasteiger partial charge in [-0.05, 0) is 49.2 Å². The van der Waals surface area contributed by atoms with E-state index < -0.39 is 0 Å². The quantitative estimate of drug-likeness (QED) is 0.309. The average molecular weight is 472 g/mol. The topological polar surface area (TPSA) is 63.1 Å². The number of nitrogens with zero attached hydrogens (tertiary/aromatic N) is 1. The maximum atomic E-state index is 12.5. The van der Waals surface area contributed by atoms with Crippen LogP contribution in [0.15, 0.2) is 83.9 Å². The van der Waals surface area contributed by atoms with Crippen molar-refractivity contribution in [2.24, 2.45) is 0 Å². The molecule has 0 radical (unpaired) electrons. The maximum Gasteiger partial charge on any atom is 0.251 e. The molecule has 0 unspecified atom stereocenters. The van der Waals surface area contributed by atoms with Crippen LogP contribution in [0.4, 0.5) is 5.69 Å². The van der Waals surface area contributed by atoms with Crippen molar-refractivity contribution in [3.63, 3.8) is 0 Å². The lowest BCUT2D eigenvalue weighted by atomic mass is 10.1. The van der Waals surface area contributed by atoms with Crippen LogP contribution in [0.1, 0.15) is 28.4 Å². The largest absolute Gasteiger partial charge is 0.350 e. The van der Waals surface area contributed by atoms with Gasteiger partial charge in [0.2, 0.25) is 5.91 Å². The molecule has 0 aliphatic carbocycles. The van der Waals surface area contributed by atoms with Crippen LogP contribution in [0, 0.1) is 6.92 Å². The third-order valence-electron chi connectivity index (χ3n) is 5.71. The summed E-state index contributed by atoms with van der Waals surface area (Å²) >= 11 is 1.52. The molecule has 0 aliphatic heterocycles. The van der Waals surface area contributed by atoms with Gasteiger partial charge in [0.15, 0.2) is 0 Å². The standard InChI is InChI=1S/C28H29N3O2S/c1-3-21-10-14-23(15-11-21)30-27(32)19-34-26-18-31(25-7-5-4-6-24(25)26)17-16-29-28(33)22-12-8-20(2)9-13-22/h4-15,18H,3,16-17,19H2,1-2H3,(H,29,33)(H,30,32). The fourth-order valence-corrected chi connectivity index (χ4v) is 4.66. The molecule has 0 fully saturated rings. The van der Waals surface area contributed by atoms with Crippen molar-refractivity contribution >= 4 is 40.2 Å². The molecule has 2 amide bonds. The van der Waals surface area contributed by atoms with Crippen LogP contribution in [0.3, 0.4) is 0 Å². The van der Waals surface area contributed by atoms with Crippen LogP contribution in [0.25, 0.3) is 10.9 Å². The molecule has 0 bridgehead atoms. The zero-order chi connectivity index (χ0) is 23.9. The first-order chi connectivity index (χ1) is 16.5. The summed E-state index contributed by atoms with van der Waals surface area (Å²) in [7, 11) is 0. The lowest BCUT2D eigenvalue weighted by molar-refractivity contribution is -0.113. The highest BCUT2D eigenvalue weighted by Crippen LogP contribution is 2.30. The van der Waals surface area contributed by atoms with E-state index in [1.54, 1.807) is 0 Å². The first-order valence-electron chi connectivity index (χ1n) is 11.5. The van der Waals surface area contributed by atoms with E-state index in [1.165, 1.54) is 17.3 Å². The van der Waals surface area contributed by atoms with Crippen LogP contribution in [-0.2, 0) is 17.8 Å². The molecular weight excluding hydrogens is 442 g/mol. The molecule has 4 aromatic rings. The van der Waals surface area contributed by atoms with Gasteiger partial charge in [-0.3, -0.25) is 9.59 Å². The lowest BCUT2D eigenvalue weighted by Crippen LogP contribution is -2.27. The van der Waals surface area contributed by atoms with Crippen LogP contribution in [-0.4, -0.2) is 28.7 Å². The monoisotopic (exact) mass is 471 g/mol. The van der Waals surface area contributed by atoms with E-state index in [-0.39, 0.29) is 11.8 Å². The van der Waals surface area contributed by atoms with E-state index >= 15 is 0 Å².